The SMILES string of the molecule is CCCc1ccc(OCCCC(=O)Nc2ccc(C)c([N+](=O)[O-])c2)cc1. The fraction of sp³-hybridized carbons (Fsp3) is 0.350. The van der Waals surface area contributed by atoms with E-state index in [4.69, 9.17) is 4.74 Å². The maximum Gasteiger partial charge on any atom is 0.274 e. The number of carbonyl (C=O) groups excluding carboxylic acids is 1. The minimum atomic E-state index is -0.454. The van der Waals surface area contributed by atoms with Gasteiger partial charge in [0.05, 0.1) is 11.5 Å². The lowest BCUT2D eigenvalue weighted by Gasteiger charge is -2.08. The largest absolute Gasteiger partial charge is 0.494 e. The summed E-state index contributed by atoms with van der Waals surface area (Å²) >= 11 is 0. The summed E-state index contributed by atoms with van der Waals surface area (Å²) in [5, 5.41) is 13.6. The van der Waals surface area contributed by atoms with Gasteiger partial charge in [0, 0.05) is 23.7 Å². The molecule has 0 aliphatic carbocycles. The molecule has 6 nitrogen and oxygen atoms in total. The Hall–Kier alpha value is -2.89. The van der Waals surface area contributed by atoms with E-state index in [2.05, 4.69) is 24.4 Å². The quantitative estimate of drug-likeness (QED) is 0.403. The van der Waals surface area contributed by atoms with Crippen molar-refractivity contribution in [1.82, 2.24) is 0 Å². The van der Waals surface area contributed by atoms with Crippen LogP contribution in [0.5, 0.6) is 5.75 Å². The molecular weight excluding hydrogens is 332 g/mol. The number of carbonyl (C=O) groups is 1. The summed E-state index contributed by atoms with van der Waals surface area (Å²) in [6.07, 6.45) is 3.02. The van der Waals surface area contributed by atoms with Gasteiger partial charge in [-0.3, -0.25) is 14.9 Å². The van der Waals surface area contributed by atoms with Gasteiger partial charge in [0.15, 0.2) is 0 Å². The molecule has 0 spiro atoms. The third-order valence-electron chi connectivity index (χ3n) is 3.97. The molecule has 2 rings (SSSR count). The zero-order chi connectivity index (χ0) is 18.9. The number of aryl methyl sites for hydroxylation is 2. The van der Waals surface area contributed by atoms with Crippen molar-refractivity contribution in [3.63, 3.8) is 0 Å². The van der Waals surface area contributed by atoms with Crippen LogP contribution < -0.4 is 10.1 Å². The second kappa shape index (κ2) is 9.56. The molecule has 0 aliphatic heterocycles. The molecule has 2 aromatic carbocycles. The van der Waals surface area contributed by atoms with Crippen LogP contribution in [0.25, 0.3) is 0 Å². The first-order chi connectivity index (χ1) is 12.5. The zero-order valence-electron chi connectivity index (χ0n) is 15.2. The van der Waals surface area contributed by atoms with Crippen molar-refractivity contribution in [3.8, 4) is 5.75 Å². The summed E-state index contributed by atoms with van der Waals surface area (Å²) < 4.78 is 5.64. The Kier molecular flexibility index (Phi) is 7.14. The van der Waals surface area contributed by atoms with Crippen LogP contribution in [-0.4, -0.2) is 17.4 Å². The van der Waals surface area contributed by atoms with Gasteiger partial charge in [-0.25, -0.2) is 0 Å². The third kappa shape index (κ3) is 5.88. The van der Waals surface area contributed by atoms with Crippen molar-refractivity contribution in [2.24, 2.45) is 0 Å². The number of nitro groups is 1. The van der Waals surface area contributed by atoms with Crippen LogP contribution in [0.4, 0.5) is 11.4 Å². The van der Waals surface area contributed by atoms with Crippen molar-refractivity contribution < 1.29 is 14.5 Å². The highest BCUT2D eigenvalue weighted by atomic mass is 16.6. The van der Waals surface area contributed by atoms with Crippen molar-refractivity contribution >= 4 is 17.3 Å². The number of hydrogen-bond acceptors (Lipinski definition) is 4. The standard InChI is InChI=1S/C20H24N2O4/c1-3-5-16-8-11-18(12-9-16)26-13-4-6-20(23)21-17-10-7-15(2)19(14-17)22(24)25/h7-12,14H,3-6,13H2,1-2H3,(H,21,23). The number of anilines is 1. The zero-order valence-corrected chi connectivity index (χ0v) is 15.2. The number of rotatable bonds is 9. The number of ether oxygens (including phenoxy) is 1. The average molecular weight is 356 g/mol. The van der Waals surface area contributed by atoms with Gasteiger partial charge in [-0.05, 0) is 43.5 Å². The highest BCUT2D eigenvalue weighted by Gasteiger charge is 2.12. The number of nitro benzene ring substituents is 1. The van der Waals surface area contributed by atoms with Crippen molar-refractivity contribution in [3.05, 3.63) is 63.7 Å². The molecule has 0 radical (unpaired) electrons. The summed E-state index contributed by atoms with van der Waals surface area (Å²) in [4.78, 5) is 22.5. The predicted octanol–water partition coefficient (Wildman–Crippen LogP) is 4.65. The number of nitrogens with zero attached hydrogens (tertiary/aromatic N) is 1. The average Bonchev–Trinajstić information content (AvgIpc) is 2.62. The second-order valence-corrected chi connectivity index (χ2v) is 6.15. The maximum atomic E-state index is 12.0. The van der Waals surface area contributed by atoms with Crippen LogP contribution >= 0.6 is 0 Å². The van der Waals surface area contributed by atoms with Crippen molar-refractivity contribution in [2.45, 2.75) is 39.5 Å². The summed E-state index contributed by atoms with van der Waals surface area (Å²) in [5.41, 5.74) is 2.27. The van der Waals surface area contributed by atoms with Crippen LogP contribution in [-0.2, 0) is 11.2 Å². The Bertz CT molecular complexity index is 757. The van der Waals surface area contributed by atoms with E-state index in [1.165, 1.54) is 11.6 Å². The lowest BCUT2D eigenvalue weighted by Crippen LogP contribution is -2.13. The van der Waals surface area contributed by atoms with Gasteiger partial charge in [-0.2, -0.15) is 0 Å². The Morgan fingerprint density at radius 2 is 1.92 bits per heavy atom. The van der Waals surface area contributed by atoms with E-state index in [-0.39, 0.29) is 18.0 Å². The Morgan fingerprint density at radius 1 is 1.19 bits per heavy atom. The molecule has 0 heterocycles. The van der Waals surface area contributed by atoms with Gasteiger partial charge in [0.1, 0.15) is 5.75 Å². The number of nitrogens with one attached hydrogen (secondary N) is 1. The molecular formula is C20H24N2O4. The van der Waals surface area contributed by atoms with E-state index < -0.39 is 4.92 Å². The van der Waals surface area contributed by atoms with Gasteiger partial charge >= 0.3 is 0 Å². The van der Waals surface area contributed by atoms with E-state index in [9.17, 15) is 14.9 Å². The number of hydrogen-bond donors (Lipinski definition) is 1. The Balaban J connectivity index is 1.75. The number of benzene rings is 2. The molecule has 1 N–H and O–H groups in total. The fourth-order valence-corrected chi connectivity index (χ4v) is 2.57. The van der Waals surface area contributed by atoms with E-state index in [0.717, 1.165) is 18.6 Å². The molecule has 2 aromatic rings. The van der Waals surface area contributed by atoms with Gasteiger partial charge in [-0.15, -0.1) is 0 Å². The van der Waals surface area contributed by atoms with Gasteiger partial charge < -0.3 is 10.1 Å². The van der Waals surface area contributed by atoms with E-state index in [1.54, 1.807) is 19.1 Å². The molecule has 0 fully saturated rings. The second-order valence-electron chi connectivity index (χ2n) is 6.15. The van der Waals surface area contributed by atoms with Crippen LogP contribution in [0.15, 0.2) is 42.5 Å². The molecule has 138 valence electrons. The van der Waals surface area contributed by atoms with E-state index in [1.807, 2.05) is 12.1 Å². The first kappa shape index (κ1) is 19.4. The predicted molar refractivity (Wildman–Crippen MR) is 102 cm³/mol. The monoisotopic (exact) mass is 356 g/mol. The minimum Gasteiger partial charge on any atom is -0.494 e. The topological polar surface area (TPSA) is 81.5 Å². The molecule has 0 saturated carbocycles. The Morgan fingerprint density at radius 3 is 2.58 bits per heavy atom. The molecule has 1 amide bonds. The molecule has 0 bridgehead atoms. The van der Waals surface area contributed by atoms with Gasteiger partial charge in [0.25, 0.3) is 5.69 Å². The Labute approximate surface area is 153 Å². The summed E-state index contributed by atoms with van der Waals surface area (Å²) in [6, 6.07) is 12.6. The van der Waals surface area contributed by atoms with Crippen LogP contribution in [0.1, 0.15) is 37.3 Å². The summed E-state index contributed by atoms with van der Waals surface area (Å²) in [6.45, 7) is 4.24. The lowest BCUT2D eigenvalue weighted by atomic mass is 10.1. The highest BCUT2D eigenvalue weighted by Crippen LogP contribution is 2.22. The molecule has 0 unspecified atom stereocenters. The maximum absolute atomic E-state index is 12.0. The van der Waals surface area contributed by atoms with E-state index >= 15 is 0 Å². The van der Waals surface area contributed by atoms with Gasteiger partial charge in [-0.1, -0.05) is 31.5 Å². The molecule has 0 aliphatic rings. The van der Waals surface area contributed by atoms with Crippen LogP contribution in [0.2, 0.25) is 0 Å². The lowest BCUT2D eigenvalue weighted by molar-refractivity contribution is -0.385. The minimum absolute atomic E-state index is 0.00217. The normalized spacial score (nSPS) is 10.4. The fourth-order valence-electron chi connectivity index (χ4n) is 2.57. The van der Waals surface area contributed by atoms with Crippen LogP contribution in [0, 0.1) is 17.0 Å². The molecule has 0 atom stereocenters. The first-order valence-corrected chi connectivity index (χ1v) is 8.76. The highest BCUT2D eigenvalue weighted by molar-refractivity contribution is 5.91. The molecule has 26 heavy (non-hydrogen) atoms. The smallest absolute Gasteiger partial charge is 0.274 e. The van der Waals surface area contributed by atoms with E-state index in [0.29, 0.717) is 24.3 Å². The molecule has 6 heteroatoms. The molecule has 0 saturated heterocycles. The van der Waals surface area contributed by atoms with Gasteiger partial charge in [0.2, 0.25) is 5.91 Å². The van der Waals surface area contributed by atoms with Crippen molar-refractivity contribution in [1.29, 1.82) is 0 Å². The summed E-state index contributed by atoms with van der Waals surface area (Å²) in [5.74, 6) is 0.601. The first-order valence-electron chi connectivity index (χ1n) is 8.76. The van der Waals surface area contributed by atoms with Crippen molar-refractivity contribution in [2.75, 3.05) is 11.9 Å². The van der Waals surface area contributed by atoms with Crippen LogP contribution in [0.3, 0.4) is 0 Å². The number of amides is 1. The summed E-state index contributed by atoms with van der Waals surface area (Å²) in [7, 11) is 0. The third-order valence-corrected chi connectivity index (χ3v) is 3.97. The molecule has 0 aromatic heterocycles.